The van der Waals surface area contributed by atoms with E-state index >= 15 is 0 Å². The zero-order valence-electron chi connectivity index (χ0n) is 9.50. The maximum atomic E-state index is 14.0. The second-order valence-electron chi connectivity index (χ2n) is 3.72. The maximum absolute atomic E-state index is 14.0. The smallest absolute Gasteiger partial charge is 0.134 e. The molecular formula is C12H12F2N2S. The minimum atomic E-state index is -0.541. The molecule has 17 heavy (non-hydrogen) atoms. The van der Waals surface area contributed by atoms with Crippen LogP contribution in [0.3, 0.4) is 0 Å². The number of thiazole rings is 1. The normalized spacial score (nSPS) is 12.7. The van der Waals surface area contributed by atoms with E-state index in [9.17, 15) is 8.78 Å². The number of rotatable bonds is 3. The molecule has 0 spiro atoms. The molecule has 1 atom stereocenters. The molecule has 0 saturated carbocycles. The van der Waals surface area contributed by atoms with Crippen molar-refractivity contribution in [2.45, 2.75) is 13.0 Å². The first-order chi connectivity index (χ1) is 8.15. The summed E-state index contributed by atoms with van der Waals surface area (Å²) in [5.41, 5.74) is 2.13. The van der Waals surface area contributed by atoms with Crippen LogP contribution in [0.5, 0.6) is 0 Å². The van der Waals surface area contributed by atoms with E-state index in [0.29, 0.717) is 5.56 Å². The van der Waals surface area contributed by atoms with E-state index in [4.69, 9.17) is 0 Å². The summed E-state index contributed by atoms with van der Waals surface area (Å²) < 4.78 is 27.8. The van der Waals surface area contributed by atoms with E-state index in [1.165, 1.54) is 23.5 Å². The predicted molar refractivity (Wildman–Crippen MR) is 64.1 cm³/mol. The quantitative estimate of drug-likeness (QED) is 0.910. The van der Waals surface area contributed by atoms with Crippen molar-refractivity contribution in [3.8, 4) is 0 Å². The van der Waals surface area contributed by atoms with Gasteiger partial charge in [-0.1, -0.05) is 6.07 Å². The van der Waals surface area contributed by atoms with Crippen LogP contribution in [0.15, 0.2) is 23.8 Å². The molecule has 1 N–H and O–H groups in total. The molecule has 90 valence electrons. The highest BCUT2D eigenvalue weighted by Gasteiger charge is 2.22. The molecule has 0 amide bonds. The van der Waals surface area contributed by atoms with Gasteiger partial charge in [-0.15, -0.1) is 11.3 Å². The number of benzene rings is 1. The Balaban J connectivity index is 2.55. The molecule has 1 aromatic carbocycles. The van der Waals surface area contributed by atoms with Gasteiger partial charge in [0.15, 0.2) is 0 Å². The van der Waals surface area contributed by atoms with Crippen LogP contribution in [0.4, 0.5) is 8.78 Å². The first-order valence-electron chi connectivity index (χ1n) is 5.15. The zero-order chi connectivity index (χ0) is 12.4. The highest BCUT2D eigenvalue weighted by molar-refractivity contribution is 7.09. The van der Waals surface area contributed by atoms with Gasteiger partial charge in [0.05, 0.1) is 11.6 Å². The molecule has 0 bridgehead atoms. The summed E-state index contributed by atoms with van der Waals surface area (Å²) in [6.07, 6.45) is 1.62. The summed E-state index contributed by atoms with van der Waals surface area (Å²) in [4.78, 5) is 4.72. The van der Waals surface area contributed by atoms with Crippen molar-refractivity contribution in [2.75, 3.05) is 7.05 Å². The van der Waals surface area contributed by atoms with Crippen molar-refractivity contribution < 1.29 is 8.78 Å². The van der Waals surface area contributed by atoms with Crippen molar-refractivity contribution >= 4 is 11.3 Å². The Hall–Kier alpha value is -1.33. The molecule has 0 aliphatic rings. The lowest BCUT2D eigenvalue weighted by molar-refractivity contribution is 0.520. The number of hydrogen-bond donors (Lipinski definition) is 1. The fourth-order valence-corrected chi connectivity index (χ4v) is 2.48. The van der Waals surface area contributed by atoms with E-state index in [2.05, 4.69) is 10.3 Å². The van der Waals surface area contributed by atoms with Gasteiger partial charge in [-0.2, -0.15) is 0 Å². The van der Waals surface area contributed by atoms with E-state index in [-0.39, 0.29) is 5.56 Å². The molecule has 2 nitrogen and oxygen atoms in total. The third-order valence-corrected chi connectivity index (χ3v) is 3.47. The summed E-state index contributed by atoms with van der Waals surface area (Å²) in [6, 6.07) is 2.23. The van der Waals surface area contributed by atoms with Gasteiger partial charge in [0, 0.05) is 16.6 Å². The summed E-state index contributed by atoms with van der Waals surface area (Å²) in [6.45, 7) is 1.62. The molecular weight excluding hydrogens is 242 g/mol. The first-order valence-corrected chi connectivity index (χ1v) is 6.03. The third-order valence-electron chi connectivity index (χ3n) is 2.63. The van der Waals surface area contributed by atoms with Gasteiger partial charge in [0.2, 0.25) is 0 Å². The zero-order valence-corrected chi connectivity index (χ0v) is 10.3. The number of hydrogen-bond acceptors (Lipinski definition) is 3. The first kappa shape index (κ1) is 12.1. The lowest BCUT2D eigenvalue weighted by Gasteiger charge is -2.17. The minimum absolute atomic E-state index is 0.0525. The lowest BCUT2D eigenvalue weighted by Crippen LogP contribution is -2.20. The second-order valence-corrected chi connectivity index (χ2v) is 4.64. The summed E-state index contributed by atoms with van der Waals surface area (Å²) >= 11 is 1.37. The highest BCUT2D eigenvalue weighted by atomic mass is 32.1. The monoisotopic (exact) mass is 254 g/mol. The van der Waals surface area contributed by atoms with E-state index in [1.807, 2.05) is 0 Å². The van der Waals surface area contributed by atoms with Crippen LogP contribution in [0.2, 0.25) is 0 Å². The second kappa shape index (κ2) is 4.89. The Labute approximate surface area is 102 Å². The molecule has 5 heteroatoms. The van der Waals surface area contributed by atoms with Crippen LogP contribution in [0.25, 0.3) is 0 Å². The van der Waals surface area contributed by atoms with Crippen molar-refractivity contribution in [2.24, 2.45) is 0 Å². The lowest BCUT2D eigenvalue weighted by atomic mass is 10.0. The van der Waals surface area contributed by atoms with Crippen molar-refractivity contribution in [1.29, 1.82) is 0 Å². The van der Waals surface area contributed by atoms with Gasteiger partial charge in [-0.3, -0.25) is 4.98 Å². The number of aromatic nitrogens is 1. The molecule has 2 aromatic rings. The van der Waals surface area contributed by atoms with E-state index < -0.39 is 17.7 Å². The van der Waals surface area contributed by atoms with Crippen LogP contribution in [0, 0.1) is 18.6 Å². The van der Waals surface area contributed by atoms with E-state index in [0.717, 1.165) is 4.88 Å². The summed E-state index contributed by atoms with van der Waals surface area (Å²) in [5, 5.41) is 2.92. The Bertz CT molecular complexity index is 511. The van der Waals surface area contributed by atoms with Crippen molar-refractivity contribution in [3.63, 3.8) is 0 Å². The molecule has 0 aliphatic heterocycles. The molecule has 0 aliphatic carbocycles. The van der Waals surface area contributed by atoms with Crippen LogP contribution >= 0.6 is 11.3 Å². The molecule has 2 rings (SSSR count). The maximum Gasteiger partial charge on any atom is 0.134 e. The van der Waals surface area contributed by atoms with Gasteiger partial charge < -0.3 is 5.32 Å². The van der Waals surface area contributed by atoms with Gasteiger partial charge in [0.25, 0.3) is 0 Å². The summed E-state index contributed by atoms with van der Waals surface area (Å²) in [5.74, 6) is -1.04. The third kappa shape index (κ3) is 2.21. The molecule has 0 radical (unpaired) electrons. The Morgan fingerprint density at radius 3 is 2.71 bits per heavy atom. The van der Waals surface area contributed by atoms with Crippen LogP contribution in [-0.2, 0) is 0 Å². The fourth-order valence-electron chi connectivity index (χ4n) is 1.74. The Kier molecular flexibility index (Phi) is 3.49. The van der Waals surface area contributed by atoms with Crippen LogP contribution in [-0.4, -0.2) is 12.0 Å². The molecule has 1 aromatic heterocycles. The van der Waals surface area contributed by atoms with Crippen molar-refractivity contribution in [1.82, 2.24) is 10.3 Å². The Morgan fingerprint density at radius 1 is 1.35 bits per heavy atom. The average Bonchev–Trinajstić information content (AvgIpc) is 2.83. The fraction of sp³-hybridized carbons (Fsp3) is 0.250. The number of nitrogens with zero attached hydrogens (tertiary/aromatic N) is 1. The average molecular weight is 254 g/mol. The molecule has 0 fully saturated rings. The molecule has 0 saturated heterocycles. The standard InChI is InChI=1S/C12H12F2N2S/c1-7-3-4-8(13)10(11(7)14)12(15-2)9-5-16-6-17-9/h3-6,12,15H,1-2H3. The van der Waals surface area contributed by atoms with Gasteiger partial charge in [-0.05, 0) is 25.6 Å². The minimum Gasteiger partial charge on any atom is -0.308 e. The van der Waals surface area contributed by atoms with Gasteiger partial charge >= 0.3 is 0 Å². The molecule has 1 unspecified atom stereocenters. The number of nitrogens with one attached hydrogen (secondary N) is 1. The van der Waals surface area contributed by atoms with Crippen LogP contribution < -0.4 is 5.32 Å². The largest absolute Gasteiger partial charge is 0.308 e. The topological polar surface area (TPSA) is 24.9 Å². The predicted octanol–water partition coefficient (Wildman–Crippen LogP) is 3.04. The van der Waals surface area contributed by atoms with E-state index in [1.54, 1.807) is 25.7 Å². The van der Waals surface area contributed by atoms with Gasteiger partial charge in [0.1, 0.15) is 11.6 Å². The SMILES string of the molecule is CNC(c1cncs1)c1c(F)ccc(C)c1F. The summed E-state index contributed by atoms with van der Waals surface area (Å²) in [7, 11) is 1.67. The molecule has 1 heterocycles. The number of halogens is 2. The number of aryl methyl sites for hydroxylation is 1. The van der Waals surface area contributed by atoms with Gasteiger partial charge in [-0.25, -0.2) is 8.78 Å². The highest BCUT2D eigenvalue weighted by Crippen LogP contribution is 2.29. The Morgan fingerprint density at radius 2 is 2.12 bits per heavy atom. The van der Waals surface area contributed by atoms with Crippen molar-refractivity contribution in [3.05, 3.63) is 51.5 Å². The van der Waals surface area contributed by atoms with Crippen LogP contribution in [0.1, 0.15) is 22.0 Å².